The molecule has 0 fully saturated rings. The molecule has 0 aromatic heterocycles. The molecular weight excluding hydrogens is 198 g/mol. The van der Waals surface area contributed by atoms with Crippen molar-refractivity contribution in [2.75, 3.05) is 19.7 Å². The molecule has 2 nitrogen and oxygen atoms in total. The first-order valence-corrected chi connectivity index (χ1v) is 5.00. The average Bonchev–Trinajstić information content (AvgIpc) is 2.69. The Kier molecular flexibility index (Phi) is 3.07. The summed E-state index contributed by atoms with van der Waals surface area (Å²) in [5.41, 5.74) is 1.28. The first kappa shape index (κ1) is 9.56. The molecular formula is C11H12ClNO. The maximum atomic E-state index is 5.95. The molecule has 1 N–H and O–H groups in total. The number of benzene rings is 1. The summed E-state index contributed by atoms with van der Waals surface area (Å²) in [4.78, 5) is 0. The summed E-state index contributed by atoms with van der Waals surface area (Å²) >= 11 is 5.95. The number of hydrogen-bond acceptors (Lipinski definition) is 2. The molecule has 0 amide bonds. The van der Waals surface area contributed by atoms with Crippen LogP contribution in [0, 0.1) is 0 Å². The van der Waals surface area contributed by atoms with Crippen molar-refractivity contribution >= 4 is 11.6 Å². The van der Waals surface area contributed by atoms with Gasteiger partial charge in [0.15, 0.2) is 0 Å². The molecule has 0 aliphatic carbocycles. The van der Waals surface area contributed by atoms with Gasteiger partial charge in [-0.1, -0.05) is 29.8 Å². The minimum absolute atomic E-state index is 0.622. The van der Waals surface area contributed by atoms with E-state index in [4.69, 9.17) is 16.3 Å². The van der Waals surface area contributed by atoms with Gasteiger partial charge < -0.3 is 10.1 Å². The molecule has 0 spiro atoms. The Hall–Kier alpha value is -0.990. The van der Waals surface area contributed by atoms with Crippen LogP contribution in [0.15, 0.2) is 35.9 Å². The van der Waals surface area contributed by atoms with Crippen LogP contribution in [0.5, 0.6) is 5.75 Å². The highest BCUT2D eigenvalue weighted by Gasteiger charge is 2.05. The van der Waals surface area contributed by atoms with Crippen LogP contribution in [0.25, 0.3) is 0 Å². The Bertz CT molecular complexity index is 349. The summed E-state index contributed by atoms with van der Waals surface area (Å²) in [6, 6.07) is 7.53. The zero-order valence-corrected chi connectivity index (χ0v) is 8.55. The van der Waals surface area contributed by atoms with Crippen molar-refractivity contribution in [3.05, 3.63) is 40.9 Å². The van der Waals surface area contributed by atoms with Crippen molar-refractivity contribution < 1.29 is 4.74 Å². The van der Waals surface area contributed by atoms with Crippen molar-refractivity contribution in [1.82, 2.24) is 5.32 Å². The van der Waals surface area contributed by atoms with Gasteiger partial charge in [-0.05, 0) is 17.7 Å². The quantitative estimate of drug-likeness (QED) is 0.772. The SMILES string of the molecule is Clc1ccccc1OCC1=CCNC1. The molecule has 0 radical (unpaired) electrons. The van der Waals surface area contributed by atoms with Gasteiger partial charge in [-0.3, -0.25) is 0 Å². The highest BCUT2D eigenvalue weighted by Crippen LogP contribution is 2.23. The van der Waals surface area contributed by atoms with E-state index in [2.05, 4.69) is 11.4 Å². The second kappa shape index (κ2) is 4.49. The van der Waals surface area contributed by atoms with E-state index in [1.807, 2.05) is 24.3 Å². The van der Waals surface area contributed by atoms with E-state index in [-0.39, 0.29) is 0 Å². The van der Waals surface area contributed by atoms with E-state index in [0.717, 1.165) is 18.8 Å². The summed E-state index contributed by atoms with van der Waals surface area (Å²) < 4.78 is 5.58. The van der Waals surface area contributed by atoms with E-state index >= 15 is 0 Å². The molecule has 1 aromatic carbocycles. The fourth-order valence-electron chi connectivity index (χ4n) is 1.36. The second-order valence-electron chi connectivity index (χ2n) is 3.21. The molecule has 0 atom stereocenters. The summed E-state index contributed by atoms with van der Waals surface area (Å²) in [5.74, 6) is 0.752. The molecule has 74 valence electrons. The third kappa shape index (κ3) is 2.28. The number of nitrogens with one attached hydrogen (secondary N) is 1. The molecule has 1 aromatic rings. The predicted molar refractivity (Wildman–Crippen MR) is 57.9 cm³/mol. The number of para-hydroxylation sites is 1. The van der Waals surface area contributed by atoms with Gasteiger partial charge in [0.05, 0.1) is 5.02 Å². The Morgan fingerprint density at radius 2 is 2.21 bits per heavy atom. The lowest BCUT2D eigenvalue weighted by Crippen LogP contribution is -2.11. The van der Waals surface area contributed by atoms with Crippen molar-refractivity contribution in [3.63, 3.8) is 0 Å². The fraction of sp³-hybridized carbons (Fsp3) is 0.273. The maximum Gasteiger partial charge on any atom is 0.138 e. The largest absolute Gasteiger partial charge is 0.488 e. The van der Waals surface area contributed by atoms with Gasteiger partial charge in [-0.2, -0.15) is 0 Å². The van der Waals surface area contributed by atoms with Crippen LogP contribution in [0.2, 0.25) is 5.02 Å². The Balaban J connectivity index is 1.94. The molecule has 14 heavy (non-hydrogen) atoms. The molecule has 1 aliphatic heterocycles. The number of ether oxygens (including phenoxy) is 1. The van der Waals surface area contributed by atoms with Gasteiger partial charge in [0.25, 0.3) is 0 Å². The van der Waals surface area contributed by atoms with E-state index in [0.29, 0.717) is 11.6 Å². The normalized spacial score (nSPS) is 15.4. The summed E-state index contributed by atoms with van der Waals surface area (Å²) in [5, 5.41) is 3.88. The molecule has 1 aliphatic rings. The van der Waals surface area contributed by atoms with Gasteiger partial charge in [0.1, 0.15) is 12.4 Å². The maximum absolute atomic E-state index is 5.95. The molecule has 0 unspecified atom stereocenters. The molecule has 0 saturated heterocycles. The first-order chi connectivity index (χ1) is 6.86. The van der Waals surface area contributed by atoms with E-state index in [1.165, 1.54) is 5.57 Å². The number of hydrogen-bond donors (Lipinski definition) is 1. The van der Waals surface area contributed by atoms with E-state index in [9.17, 15) is 0 Å². The van der Waals surface area contributed by atoms with Crippen LogP contribution in [0.3, 0.4) is 0 Å². The summed E-state index contributed by atoms with van der Waals surface area (Å²) in [6.45, 7) is 2.49. The monoisotopic (exact) mass is 209 g/mol. The van der Waals surface area contributed by atoms with Gasteiger partial charge in [-0.25, -0.2) is 0 Å². The summed E-state index contributed by atoms with van der Waals surface area (Å²) in [6.07, 6.45) is 2.15. The van der Waals surface area contributed by atoms with Gasteiger partial charge in [0.2, 0.25) is 0 Å². The lowest BCUT2D eigenvalue weighted by Gasteiger charge is -2.07. The molecule has 0 saturated carbocycles. The smallest absolute Gasteiger partial charge is 0.138 e. The van der Waals surface area contributed by atoms with Crippen LogP contribution < -0.4 is 10.1 Å². The molecule has 1 heterocycles. The van der Waals surface area contributed by atoms with Crippen LogP contribution in [0.4, 0.5) is 0 Å². The molecule has 0 bridgehead atoms. The van der Waals surface area contributed by atoms with Crippen LogP contribution in [-0.4, -0.2) is 19.7 Å². The van der Waals surface area contributed by atoms with E-state index in [1.54, 1.807) is 0 Å². The number of rotatable bonds is 3. The van der Waals surface area contributed by atoms with Gasteiger partial charge in [-0.15, -0.1) is 0 Å². The Labute approximate surface area is 88.5 Å². The van der Waals surface area contributed by atoms with Crippen LogP contribution in [-0.2, 0) is 0 Å². The van der Waals surface area contributed by atoms with Crippen molar-refractivity contribution in [2.24, 2.45) is 0 Å². The van der Waals surface area contributed by atoms with Crippen LogP contribution in [0.1, 0.15) is 0 Å². The summed E-state index contributed by atoms with van der Waals surface area (Å²) in [7, 11) is 0. The Morgan fingerprint density at radius 1 is 1.36 bits per heavy atom. The zero-order valence-electron chi connectivity index (χ0n) is 7.79. The van der Waals surface area contributed by atoms with Crippen LogP contribution >= 0.6 is 11.6 Å². The second-order valence-corrected chi connectivity index (χ2v) is 3.62. The topological polar surface area (TPSA) is 21.3 Å². The lowest BCUT2D eigenvalue weighted by molar-refractivity contribution is 0.351. The van der Waals surface area contributed by atoms with Crippen molar-refractivity contribution in [1.29, 1.82) is 0 Å². The minimum atomic E-state index is 0.622. The van der Waals surface area contributed by atoms with Gasteiger partial charge in [0, 0.05) is 13.1 Å². The lowest BCUT2D eigenvalue weighted by atomic mass is 10.3. The molecule has 3 heteroatoms. The van der Waals surface area contributed by atoms with Crippen molar-refractivity contribution in [2.45, 2.75) is 0 Å². The van der Waals surface area contributed by atoms with E-state index < -0.39 is 0 Å². The highest BCUT2D eigenvalue weighted by molar-refractivity contribution is 6.32. The number of halogens is 1. The zero-order chi connectivity index (χ0) is 9.80. The average molecular weight is 210 g/mol. The third-order valence-electron chi connectivity index (χ3n) is 2.14. The van der Waals surface area contributed by atoms with Crippen molar-refractivity contribution in [3.8, 4) is 5.75 Å². The Morgan fingerprint density at radius 3 is 2.93 bits per heavy atom. The predicted octanol–water partition coefficient (Wildman–Crippen LogP) is 2.25. The highest BCUT2D eigenvalue weighted by atomic mass is 35.5. The fourth-order valence-corrected chi connectivity index (χ4v) is 1.55. The standard InChI is InChI=1S/C11H12ClNO/c12-10-3-1-2-4-11(10)14-8-9-5-6-13-7-9/h1-5,13H,6-8H2. The van der Waals surface area contributed by atoms with Gasteiger partial charge >= 0.3 is 0 Å². The third-order valence-corrected chi connectivity index (χ3v) is 2.45. The minimum Gasteiger partial charge on any atom is -0.488 e. The first-order valence-electron chi connectivity index (χ1n) is 4.62. The molecule has 2 rings (SSSR count).